The lowest BCUT2D eigenvalue weighted by molar-refractivity contribution is 0.404. The summed E-state index contributed by atoms with van der Waals surface area (Å²) in [6.07, 6.45) is 1.80. The molecule has 1 heterocycles. The molecule has 2 rings (SSSR count). The van der Waals surface area contributed by atoms with Crippen molar-refractivity contribution in [3.05, 3.63) is 40.7 Å². The monoisotopic (exact) mass is 263 g/mol. The van der Waals surface area contributed by atoms with Crippen LogP contribution in [-0.2, 0) is 0 Å². The van der Waals surface area contributed by atoms with Gasteiger partial charge in [0.15, 0.2) is 0 Å². The van der Waals surface area contributed by atoms with Crippen LogP contribution in [-0.4, -0.2) is 22.9 Å². The zero-order valence-corrected chi connectivity index (χ0v) is 11.8. The Kier molecular flexibility index (Phi) is 3.93. The van der Waals surface area contributed by atoms with Gasteiger partial charge in [-0.25, -0.2) is 0 Å². The molecule has 18 heavy (non-hydrogen) atoms. The third-order valence-corrected chi connectivity index (χ3v) is 3.46. The van der Waals surface area contributed by atoms with Gasteiger partial charge < -0.3 is 10.1 Å². The van der Waals surface area contributed by atoms with Gasteiger partial charge in [-0.2, -0.15) is 8.75 Å². The fourth-order valence-corrected chi connectivity index (χ4v) is 2.67. The van der Waals surface area contributed by atoms with Crippen LogP contribution in [0.5, 0.6) is 5.75 Å². The highest BCUT2D eigenvalue weighted by molar-refractivity contribution is 6.99. The van der Waals surface area contributed by atoms with Gasteiger partial charge in [-0.3, -0.25) is 0 Å². The van der Waals surface area contributed by atoms with Gasteiger partial charge in [0.05, 0.1) is 36.8 Å². The van der Waals surface area contributed by atoms with Crippen LogP contribution in [0, 0.1) is 13.8 Å². The summed E-state index contributed by atoms with van der Waals surface area (Å²) in [5, 5.41) is 3.28. The first kappa shape index (κ1) is 13.0. The number of nitrogens with zero attached hydrogens (tertiary/aromatic N) is 2. The minimum Gasteiger partial charge on any atom is -0.496 e. The normalized spacial score (nSPS) is 12.4. The van der Waals surface area contributed by atoms with Crippen molar-refractivity contribution in [1.29, 1.82) is 0 Å². The van der Waals surface area contributed by atoms with Crippen molar-refractivity contribution in [3.8, 4) is 5.75 Å². The molecule has 5 heteroatoms. The molecule has 2 aromatic rings. The molecule has 0 aliphatic carbocycles. The molecule has 0 aliphatic heterocycles. The van der Waals surface area contributed by atoms with E-state index in [0.29, 0.717) is 0 Å². The average molecular weight is 263 g/mol. The van der Waals surface area contributed by atoms with E-state index in [1.165, 1.54) is 22.9 Å². The third-order valence-electron chi connectivity index (χ3n) is 2.96. The van der Waals surface area contributed by atoms with E-state index < -0.39 is 0 Å². The van der Waals surface area contributed by atoms with E-state index in [1.54, 1.807) is 13.3 Å². The zero-order valence-electron chi connectivity index (χ0n) is 11.0. The molecule has 1 N–H and O–H groups in total. The van der Waals surface area contributed by atoms with Gasteiger partial charge in [0, 0.05) is 5.56 Å². The van der Waals surface area contributed by atoms with E-state index in [9.17, 15) is 0 Å². The number of benzene rings is 1. The van der Waals surface area contributed by atoms with Gasteiger partial charge in [-0.15, -0.1) is 0 Å². The first-order valence-corrected chi connectivity index (χ1v) is 6.50. The highest BCUT2D eigenvalue weighted by Crippen LogP contribution is 2.33. The number of nitrogens with one attached hydrogen (secondary N) is 1. The second kappa shape index (κ2) is 5.46. The standard InChI is InChI=1S/C13H17N3OS/c1-8-5-9(2)12(11(6-8)17-4)13(14-3)10-7-15-18-16-10/h5-7,13-14H,1-4H3. The van der Waals surface area contributed by atoms with E-state index in [4.69, 9.17) is 4.74 Å². The fraction of sp³-hybridized carbons (Fsp3) is 0.385. The van der Waals surface area contributed by atoms with Gasteiger partial charge in [0.1, 0.15) is 5.75 Å². The molecule has 1 aromatic carbocycles. The molecule has 96 valence electrons. The van der Waals surface area contributed by atoms with Crippen LogP contribution in [0.25, 0.3) is 0 Å². The number of hydrogen-bond donors (Lipinski definition) is 1. The summed E-state index contributed by atoms with van der Waals surface area (Å²) in [6.45, 7) is 4.16. The maximum absolute atomic E-state index is 5.50. The first-order valence-electron chi connectivity index (χ1n) is 5.77. The Morgan fingerprint density at radius 2 is 2.11 bits per heavy atom. The Labute approximate surface area is 111 Å². The molecule has 0 bridgehead atoms. The van der Waals surface area contributed by atoms with Crippen molar-refractivity contribution < 1.29 is 4.74 Å². The highest BCUT2D eigenvalue weighted by atomic mass is 32.1. The van der Waals surface area contributed by atoms with Crippen LogP contribution in [0.2, 0.25) is 0 Å². The summed E-state index contributed by atoms with van der Waals surface area (Å²) < 4.78 is 13.9. The van der Waals surface area contributed by atoms with Crippen molar-refractivity contribution in [2.24, 2.45) is 0 Å². The predicted molar refractivity (Wildman–Crippen MR) is 73.3 cm³/mol. The van der Waals surface area contributed by atoms with E-state index in [2.05, 4.69) is 34.0 Å². The second-order valence-electron chi connectivity index (χ2n) is 4.25. The van der Waals surface area contributed by atoms with E-state index in [1.807, 2.05) is 13.1 Å². The topological polar surface area (TPSA) is 47.0 Å². The van der Waals surface area contributed by atoms with Gasteiger partial charge in [-0.05, 0) is 38.1 Å². The minimum atomic E-state index is 0.0132. The molecule has 1 atom stereocenters. The van der Waals surface area contributed by atoms with Crippen LogP contribution in [0.1, 0.15) is 28.4 Å². The number of methoxy groups -OCH3 is 1. The molecule has 4 nitrogen and oxygen atoms in total. The van der Waals surface area contributed by atoms with Gasteiger partial charge in [0.2, 0.25) is 0 Å². The van der Waals surface area contributed by atoms with Crippen LogP contribution < -0.4 is 10.1 Å². The van der Waals surface area contributed by atoms with Crippen LogP contribution in [0.15, 0.2) is 18.3 Å². The largest absolute Gasteiger partial charge is 0.496 e. The molecular weight excluding hydrogens is 246 g/mol. The maximum atomic E-state index is 5.50. The zero-order chi connectivity index (χ0) is 13.1. The van der Waals surface area contributed by atoms with Crippen LogP contribution in [0.3, 0.4) is 0 Å². The second-order valence-corrected chi connectivity index (χ2v) is 4.81. The predicted octanol–water partition coefficient (Wildman–Crippen LogP) is 2.47. The number of ether oxygens (including phenoxy) is 1. The molecule has 0 aliphatic rings. The molecule has 0 saturated heterocycles. The number of aromatic nitrogens is 2. The quantitative estimate of drug-likeness (QED) is 0.920. The first-order chi connectivity index (χ1) is 8.67. The molecule has 0 amide bonds. The highest BCUT2D eigenvalue weighted by Gasteiger charge is 2.21. The van der Waals surface area contributed by atoms with Crippen molar-refractivity contribution in [2.45, 2.75) is 19.9 Å². The summed E-state index contributed by atoms with van der Waals surface area (Å²) in [4.78, 5) is 0. The molecule has 0 spiro atoms. The Bertz CT molecular complexity index is 525. The SMILES string of the molecule is CNC(c1cnsn1)c1c(C)cc(C)cc1OC. The molecule has 1 unspecified atom stereocenters. The molecule has 0 fully saturated rings. The number of rotatable bonds is 4. The molecule has 0 saturated carbocycles. The average Bonchev–Trinajstić information content (AvgIpc) is 2.85. The van der Waals surface area contributed by atoms with Crippen LogP contribution in [0.4, 0.5) is 0 Å². The summed E-state index contributed by atoms with van der Waals surface area (Å²) in [5.41, 5.74) is 4.43. The lowest BCUT2D eigenvalue weighted by atomic mass is 9.96. The Morgan fingerprint density at radius 1 is 1.33 bits per heavy atom. The number of hydrogen-bond acceptors (Lipinski definition) is 5. The van der Waals surface area contributed by atoms with Crippen molar-refractivity contribution in [3.63, 3.8) is 0 Å². The summed E-state index contributed by atoms with van der Waals surface area (Å²) >= 11 is 1.22. The lowest BCUT2D eigenvalue weighted by Crippen LogP contribution is -2.20. The van der Waals surface area contributed by atoms with E-state index in [0.717, 1.165) is 17.0 Å². The Morgan fingerprint density at radius 3 is 2.67 bits per heavy atom. The van der Waals surface area contributed by atoms with Gasteiger partial charge in [0.25, 0.3) is 0 Å². The summed E-state index contributed by atoms with van der Waals surface area (Å²) in [7, 11) is 3.62. The summed E-state index contributed by atoms with van der Waals surface area (Å²) in [6, 6.07) is 4.22. The minimum absolute atomic E-state index is 0.0132. The molecule has 0 radical (unpaired) electrons. The van der Waals surface area contributed by atoms with Crippen molar-refractivity contribution in [1.82, 2.24) is 14.1 Å². The van der Waals surface area contributed by atoms with E-state index in [-0.39, 0.29) is 6.04 Å². The third kappa shape index (κ3) is 2.37. The maximum Gasteiger partial charge on any atom is 0.124 e. The van der Waals surface area contributed by atoms with Crippen molar-refractivity contribution in [2.75, 3.05) is 14.2 Å². The fourth-order valence-electron chi connectivity index (χ4n) is 2.22. The number of aryl methyl sites for hydroxylation is 2. The Balaban J connectivity index is 2.55. The molecule has 1 aromatic heterocycles. The Hall–Kier alpha value is -1.46. The van der Waals surface area contributed by atoms with E-state index >= 15 is 0 Å². The smallest absolute Gasteiger partial charge is 0.124 e. The van der Waals surface area contributed by atoms with Gasteiger partial charge >= 0.3 is 0 Å². The van der Waals surface area contributed by atoms with Gasteiger partial charge in [-0.1, -0.05) is 6.07 Å². The van der Waals surface area contributed by atoms with Crippen molar-refractivity contribution >= 4 is 11.7 Å². The summed E-state index contributed by atoms with van der Waals surface area (Å²) in [5.74, 6) is 0.889. The molecular formula is C13H17N3OS. The lowest BCUT2D eigenvalue weighted by Gasteiger charge is -2.20. The van der Waals surface area contributed by atoms with Crippen LogP contribution >= 0.6 is 11.7 Å².